The summed E-state index contributed by atoms with van der Waals surface area (Å²) in [5, 5.41) is 8.77. The van der Waals surface area contributed by atoms with Crippen molar-refractivity contribution in [3.8, 4) is 0 Å². The molecule has 0 aliphatic rings. The monoisotopic (exact) mass is 335 g/mol. The molecule has 0 saturated heterocycles. The smallest absolute Gasteiger partial charge is 0.303 e. The Bertz CT molecular complexity index is 372. The molecule has 1 atom stereocenters. The van der Waals surface area contributed by atoms with Crippen LogP contribution in [0.5, 0.6) is 0 Å². The number of rotatable bonds is 16. The van der Waals surface area contributed by atoms with Crippen LogP contribution in [0.3, 0.4) is 0 Å². The highest BCUT2D eigenvalue weighted by Gasteiger charge is 2.10. The van der Waals surface area contributed by atoms with Crippen LogP contribution in [0.1, 0.15) is 77.6 Å². The second kappa shape index (κ2) is 18.0. The maximum atomic E-state index is 10.7. The summed E-state index contributed by atoms with van der Waals surface area (Å²) < 4.78 is 0. The predicted octanol–water partition coefficient (Wildman–Crippen LogP) is 5.63. The molecule has 0 aromatic carbocycles. The lowest BCUT2D eigenvalue weighted by atomic mass is 9.97. The first-order valence-corrected chi connectivity index (χ1v) is 9.57. The SMILES string of the molecule is CC/C=C/C/C=C/C/C=C/CCCCCCCC(CN)CC(=O)O. The van der Waals surface area contributed by atoms with Crippen LogP contribution in [-0.2, 0) is 4.79 Å². The molecule has 0 bridgehead atoms. The van der Waals surface area contributed by atoms with Gasteiger partial charge in [0.2, 0.25) is 0 Å². The summed E-state index contributed by atoms with van der Waals surface area (Å²) in [6.07, 6.45) is 24.9. The molecule has 138 valence electrons. The molecule has 0 rings (SSSR count). The fraction of sp³-hybridized carbons (Fsp3) is 0.667. The van der Waals surface area contributed by atoms with E-state index in [9.17, 15) is 4.79 Å². The van der Waals surface area contributed by atoms with Gasteiger partial charge in [-0.2, -0.15) is 0 Å². The number of carbonyl (C=O) groups is 1. The number of carboxylic acids is 1. The summed E-state index contributed by atoms with van der Waals surface area (Å²) in [5.74, 6) is -0.583. The lowest BCUT2D eigenvalue weighted by Gasteiger charge is -2.11. The minimum absolute atomic E-state index is 0.149. The first-order valence-electron chi connectivity index (χ1n) is 9.57. The van der Waals surface area contributed by atoms with Crippen LogP contribution >= 0.6 is 0 Å². The molecule has 0 aromatic rings. The van der Waals surface area contributed by atoms with Gasteiger partial charge >= 0.3 is 5.97 Å². The third-order valence-electron chi connectivity index (χ3n) is 4.06. The zero-order valence-corrected chi connectivity index (χ0v) is 15.5. The zero-order valence-electron chi connectivity index (χ0n) is 15.5. The normalized spacial score (nSPS) is 13.4. The summed E-state index contributed by atoms with van der Waals surface area (Å²) in [7, 11) is 0. The van der Waals surface area contributed by atoms with Crippen LogP contribution in [0.4, 0.5) is 0 Å². The van der Waals surface area contributed by atoms with Crippen molar-refractivity contribution < 1.29 is 9.90 Å². The predicted molar refractivity (Wildman–Crippen MR) is 104 cm³/mol. The van der Waals surface area contributed by atoms with Crippen LogP contribution in [0.2, 0.25) is 0 Å². The number of aliphatic carboxylic acids is 1. The summed E-state index contributed by atoms with van der Waals surface area (Å²) in [4.78, 5) is 10.7. The number of hydrogen-bond acceptors (Lipinski definition) is 2. The van der Waals surface area contributed by atoms with Crippen molar-refractivity contribution in [1.82, 2.24) is 0 Å². The van der Waals surface area contributed by atoms with Crippen molar-refractivity contribution in [2.24, 2.45) is 11.7 Å². The van der Waals surface area contributed by atoms with E-state index in [2.05, 4.69) is 43.4 Å². The van der Waals surface area contributed by atoms with Crippen molar-refractivity contribution in [2.75, 3.05) is 6.54 Å². The molecule has 1 unspecified atom stereocenters. The molecule has 3 N–H and O–H groups in total. The van der Waals surface area contributed by atoms with E-state index in [0.717, 1.165) is 38.5 Å². The third-order valence-corrected chi connectivity index (χ3v) is 4.06. The topological polar surface area (TPSA) is 63.3 Å². The van der Waals surface area contributed by atoms with Crippen LogP contribution in [0, 0.1) is 5.92 Å². The van der Waals surface area contributed by atoms with Crippen LogP contribution in [0.25, 0.3) is 0 Å². The Kier molecular flexibility index (Phi) is 17.0. The maximum absolute atomic E-state index is 10.7. The van der Waals surface area contributed by atoms with E-state index in [0.29, 0.717) is 6.54 Å². The van der Waals surface area contributed by atoms with E-state index in [1.807, 2.05) is 0 Å². The molecular formula is C21H37NO2. The molecule has 0 heterocycles. The van der Waals surface area contributed by atoms with E-state index < -0.39 is 5.97 Å². The van der Waals surface area contributed by atoms with Gasteiger partial charge in [0, 0.05) is 6.42 Å². The van der Waals surface area contributed by atoms with Gasteiger partial charge in [-0.3, -0.25) is 4.79 Å². The van der Waals surface area contributed by atoms with Crippen molar-refractivity contribution in [2.45, 2.75) is 77.6 Å². The molecule has 0 radical (unpaired) electrons. The molecule has 0 aliphatic carbocycles. The minimum atomic E-state index is -0.732. The molecule has 3 heteroatoms. The van der Waals surface area contributed by atoms with Gasteiger partial charge in [-0.15, -0.1) is 0 Å². The lowest BCUT2D eigenvalue weighted by Crippen LogP contribution is -2.17. The van der Waals surface area contributed by atoms with Crippen molar-refractivity contribution >= 4 is 5.97 Å². The standard InChI is InChI=1S/C21H37NO2/c1-2-3-4-5-6-7-8-9-10-11-12-13-14-15-16-17-20(19-22)18-21(23)24/h3-4,6-7,9-10,20H,2,5,8,11-19,22H2,1H3,(H,23,24)/b4-3+,7-6+,10-9+. The van der Waals surface area contributed by atoms with Gasteiger partial charge in [-0.25, -0.2) is 0 Å². The quantitative estimate of drug-likeness (QED) is 0.284. The summed E-state index contributed by atoms with van der Waals surface area (Å²) >= 11 is 0. The highest BCUT2D eigenvalue weighted by Crippen LogP contribution is 2.14. The highest BCUT2D eigenvalue weighted by atomic mass is 16.4. The van der Waals surface area contributed by atoms with Gasteiger partial charge in [0.15, 0.2) is 0 Å². The van der Waals surface area contributed by atoms with Crippen LogP contribution in [-0.4, -0.2) is 17.6 Å². The Hall–Kier alpha value is -1.35. The minimum Gasteiger partial charge on any atom is -0.481 e. The first kappa shape index (κ1) is 22.6. The maximum Gasteiger partial charge on any atom is 0.303 e. The summed E-state index contributed by atoms with van der Waals surface area (Å²) in [6, 6.07) is 0. The fourth-order valence-corrected chi connectivity index (χ4v) is 2.60. The van der Waals surface area contributed by atoms with Gasteiger partial charge in [0.25, 0.3) is 0 Å². The Balaban J connectivity index is 3.39. The van der Waals surface area contributed by atoms with Crippen molar-refractivity contribution in [3.63, 3.8) is 0 Å². The lowest BCUT2D eigenvalue weighted by molar-refractivity contribution is -0.138. The molecular weight excluding hydrogens is 298 g/mol. The first-order chi connectivity index (χ1) is 11.7. The van der Waals surface area contributed by atoms with E-state index in [1.165, 1.54) is 25.7 Å². The number of unbranched alkanes of at least 4 members (excludes halogenated alkanes) is 5. The Labute approximate surface area is 148 Å². The fourth-order valence-electron chi connectivity index (χ4n) is 2.60. The average molecular weight is 336 g/mol. The second-order valence-corrected chi connectivity index (χ2v) is 6.34. The van der Waals surface area contributed by atoms with Gasteiger partial charge in [-0.05, 0) is 51.0 Å². The van der Waals surface area contributed by atoms with Crippen molar-refractivity contribution in [1.29, 1.82) is 0 Å². The summed E-state index contributed by atoms with van der Waals surface area (Å²) in [5.41, 5.74) is 5.60. The van der Waals surface area contributed by atoms with E-state index in [4.69, 9.17) is 10.8 Å². The third kappa shape index (κ3) is 17.0. The number of hydrogen-bond donors (Lipinski definition) is 2. The van der Waals surface area contributed by atoms with Crippen LogP contribution < -0.4 is 5.73 Å². The van der Waals surface area contributed by atoms with E-state index in [1.54, 1.807) is 0 Å². The molecule has 0 fully saturated rings. The molecule has 0 aromatic heterocycles. The molecule has 0 aliphatic heterocycles. The highest BCUT2D eigenvalue weighted by molar-refractivity contribution is 5.67. The zero-order chi connectivity index (χ0) is 17.9. The Morgan fingerprint density at radius 2 is 1.50 bits per heavy atom. The average Bonchev–Trinajstić information content (AvgIpc) is 2.56. The molecule has 0 amide bonds. The Morgan fingerprint density at radius 1 is 0.917 bits per heavy atom. The number of allylic oxidation sites excluding steroid dienone is 6. The largest absolute Gasteiger partial charge is 0.481 e. The second-order valence-electron chi connectivity index (χ2n) is 6.34. The molecule has 0 spiro atoms. The Morgan fingerprint density at radius 3 is 2.12 bits per heavy atom. The van der Waals surface area contributed by atoms with Gasteiger partial charge in [-0.1, -0.05) is 69.1 Å². The van der Waals surface area contributed by atoms with Gasteiger partial charge in [0.05, 0.1) is 0 Å². The van der Waals surface area contributed by atoms with Crippen molar-refractivity contribution in [3.05, 3.63) is 36.5 Å². The molecule has 0 saturated carbocycles. The molecule has 24 heavy (non-hydrogen) atoms. The number of carboxylic acid groups (broad SMARTS) is 1. The summed E-state index contributed by atoms with van der Waals surface area (Å²) in [6.45, 7) is 2.64. The van der Waals surface area contributed by atoms with Gasteiger partial charge < -0.3 is 10.8 Å². The van der Waals surface area contributed by atoms with Crippen LogP contribution in [0.15, 0.2) is 36.5 Å². The van der Waals surface area contributed by atoms with E-state index >= 15 is 0 Å². The van der Waals surface area contributed by atoms with Gasteiger partial charge in [0.1, 0.15) is 0 Å². The van der Waals surface area contributed by atoms with E-state index in [-0.39, 0.29) is 12.3 Å². The molecule has 3 nitrogen and oxygen atoms in total. The number of nitrogens with two attached hydrogens (primary N) is 1.